The number of nitrogens with zero attached hydrogens (tertiary/aromatic N) is 2. The maximum absolute atomic E-state index is 12.1. The number of alkyl halides is 3. The number of halogens is 4. The van der Waals surface area contributed by atoms with Crippen molar-refractivity contribution in [3.05, 3.63) is 70.8 Å². The monoisotopic (exact) mass is 562 g/mol. The fraction of sp³-hybridized carbons (Fsp3) is 0.435. The van der Waals surface area contributed by atoms with E-state index in [9.17, 15) is 13.2 Å². The Balaban J connectivity index is 0.00000363. The average molecular weight is 562 g/mol. The molecule has 0 atom stereocenters. The van der Waals surface area contributed by atoms with Crippen LogP contribution in [0, 0.1) is 0 Å². The number of nitrogens with one attached hydrogen (secondary N) is 2. The molecule has 0 saturated carbocycles. The lowest BCUT2D eigenvalue weighted by molar-refractivity contribution is -0.176. The summed E-state index contributed by atoms with van der Waals surface area (Å²) in [4.78, 5) is 6.68. The first-order valence-electron chi connectivity index (χ1n) is 10.4. The summed E-state index contributed by atoms with van der Waals surface area (Å²) in [7, 11) is 1.73. The summed E-state index contributed by atoms with van der Waals surface area (Å²) in [6.45, 7) is 3.03. The van der Waals surface area contributed by atoms with Gasteiger partial charge in [-0.2, -0.15) is 13.2 Å². The molecule has 2 N–H and O–H groups in total. The summed E-state index contributed by atoms with van der Waals surface area (Å²) in [5, 5.41) is 6.60. The van der Waals surface area contributed by atoms with Gasteiger partial charge in [0.1, 0.15) is 6.61 Å². The third kappa shape index (κ3) is 8.95. The SMILES string of the molecule is CN=C(NCCN1CCc2ccccc2C1)NCc1ccc(COCC(F)(F)F)cc1.I. The van der Waals surface area contributed by atoms with Gasteiger partial charge < -0.3 is 15.4 Å². The number of ether oxygens (including phenoxy) is 1. The molecule has 0 radical (unpaired) electrons. The fourth-order valence-electron chi connectivity index (χ4n) is 3.52. The van der Waals surface area contributed by atoms with E-state index in [1.54, 1.807) is 19.2 Å². The number of hydrogen-bond donors (Lipinski definition) is 2. The maximum atomic E-state index is 12.1. The Kier molecular flexibility index (Phi) is 10.7. The van der Waals surface area contributed by atoms with Gasteiger partial charge in [0.15, 0.2) is 5.96 Å². The Morgan fingerprint density at radius 3 is 2.41 bits per heavy atom. The van der Waals surface area contributed by atoms with Crippen molar-refractivity contribution in [2.24, 2.45) is 4.99 Å². The number of benzene rings is 2. The molecule has 0 bridgehead atoms. The summed E-state index contributed by atoms with van der Waals surface area (Å²) in [6.07, 6.45) is -3.22. The first kappa shape index (κ1) is 26.4. The van der Waals surface area contributed by atoms with Gasteiger partial charge in [-0.05, 0) is 28.7 Å². The van der Waals surface area contributed by atoms with Crippen molar-refractivity contribution in [1.29, 1.82) is 0 Å². The lowest BCUT2D eigenvalue weighted by atomic mass is 10.00. The van der Waals surface area contributed by atoms with Crippen molar-refractivity contribution in [3.8, 4) is 0 Å². The van der Waals surface area contributed by atoms with E-state index >= 15 is 0 Å². The van der Waals surface area contributed by atoms with Crippen molar-refractivity contribution in [2.45, 2.75) is 32.3 Å². The average Bonchev–Trinajstić information content (AvgIpc) is 2.76. The van der Waals surface area contributed by atoms with Crippen LogP contribution < -0.4 is 10.6 Å². The number of guanidine groups is 1. The van der Waals surface area contributed by atoms with Gasteiger partial charge >= 0.3 is 6.18 Å². The van der Waals surface area contributed by atoms with Crippen LogP contribution in [-0.2, 0) is 30.9 Å². The van der Waals surface area contributed by atoms with Crippen molar-refractivity contribution < 1.29 is 17.9 Å². The van der Waals surface area contributed by atoms with Gasteiger partial charge in [0.2, 0.25) is 0 Å². The molecule has 2 aromatic carbocycles. The molecular weight excluding hydrogens is 532 g/mol. The highest BCUT2D eigenvalue weighted by molar-refractivity contribution is 14.0. The summed E-state index contributed by atoms with van der Waals surface area (Å²) >= 11 is 0. The Labute approximate surface area is 204 Å². The lowest BCUT2D eigenvalue weighted by Gasteiger charge is -2.28. The molecule has 1 heterocycles. The van der Waals surface area contributed by atoms with Crippen LogP contribution in [0.15, 0.2) is 53.5 Å². The van der Waals surface area contributed by atoms with Crippen molar-refractivity contribution >= 4 is 29.9 Å². The number of aliphatic imine (C=N–C) groups is 1. The van der Waals surface area contributed by atoms with Gasteiger partial charge in [-0.3, -0.25) is 9.89 Å². The smallest absolute Gasteiger partial charge is 0.367 e. The Hall–Kier alpha value is -1.85. The third-order valence-corrected chi connectivity index (χ3v) is 5.17. The molecule has 0 spiro atoms. The topological polar surface area (TPSA) is 48.9 Å². The van der Waals surface area contributed by atoms with Crippen LogP contribution in [0.1, 0.15) is 22.3 Å². The summed E-state index contributed by atoms with van der Waals surface area (Å²) in [6, 6.07) is 15.9. The van der Waals surface area contributed by atoms with Crippen LogP contribution >= 0.6 is 24.0 Å². The lowest BCUT2D eigenvalue weighted by Crippen LogP contribution is -2.42. The van der Waals surface area contributed by atoms with E-state index in [2.05, 4.69) is 49.5 Å². The van der Waals surface area contributed by atoms with Gasteiger partial charge in [-0.25, -0.2) is 0 Å². The zero-order valence-electron chi connectivity index (χ0n) is 18.1. The van der Waals surface area contributed by atoms with Gasteiger partial charge in [-0.15, -0.1) is 24.0 Å². The van der Waals surface area contributed by atoms with Crippen molar-refractivity contribution in [3.63, 3.8) is 0 Å². The number of fused-ring (bicyclic) bond motifs is 1. The summed E-state index contributed by atoms with van der Waals surface area (Å²) in [5.74, 6) is 0.718. The molecule has 2 aromatic rings. The molecule has 0 saturated heterocycles. The second-order valence-electron chi connectivity index (χ2n) is 7.57. The standard InChI is InChI=1S/C23H29F3N4O.HI/c1-27-22(28-11-13-30-12-10-20-4-2-3-5-21(20)15-30)29-14-18-6-8-19(9-7-18)16-31-17-23(24,25)26;/h2-9H,10-17H2,1H3,(H2,27,28,29);1H. The number of hydrogen-bond acceptors (Lipinski definition) is 3. The molecule has 0 fully saturated rings. The predicted molar refractivity (Wildman–Crippen MR) is 131 cm³/mol. The van der Waals surface area contributed by atoms with Crippen LogP contribution in [0.25, 0.3) is 0 Å². The molecule has 1 aliphatic heterocycles. The molecule has 0 aromatic heterocycles. The van der Waals surface area contributed by atoms with E-state index in [-0.39, 0.29) is 30.6 Å². The molecule has 0 amide bonds. The number of rotatable bonds is 8. The van der Waals surface area contributed by atoms with Crippen LogP contribution in [0.4, 0.5) is 13.2 Å². The van der Waals surface area contributed by atoms with Gasteiger partial charge in [0, 0.05) is 39.8 Å². The Bertz CT molecular complexity index is 859. The molecule has 32 heavy (non-hydrogen) atoms. The molecule has 5 nitrogen and oxygen atoms in total. The van der Waals surface area contributed by atoms with Crippen LogP contribution in [-0.4, -0.2) is 50.3 Å². The van der Waals surface area contributed by atoms with E-state index in [0.717, 1.165) is 44.1 Å². The van der Waals surface area contributed by atoms with Crippen molar-refractivity contribution in [1.82, 2.24) is 15.5 Å². The highest BCUT2D eigenvalue weighted by Gasteiger charge is 2.27. The van der Waals surface area contributed by atoms with Crippen molar-refractivity contribution in [2.75, 3.05) is 33.3 Å². The van der Waals surface area contributed by atoms with Gasteiger partial charge in [0.25, 0.3) is 0 Å². The Morgan fingerprint density at radius 1 is 1.03 bits per heavy atom. The second kappa shape index (κ2) is 13.0. The minimum Gasteiger partial charge on any atom is -0.367 e. The predicted octanol–water partition coefficient (Wildman–Crippen LogP) is 4.11. The largest absolute Gasteiger partial charge is 0.411 e. The summed E-state index contributed by atoms with van der Waals surface area (Å²) in [5.41, 5.74) is 4.57. The first-order valence-corrected chi connectivity index (χ1v) is 10.4. The van der Waals surface area contributed by atoms with Crippen LogP contribution in [0.5, 0.6) is 0 Å². The van der Waals surface area contributed by atoms with Crippen LogP contribution in [0.2, 0.25) is 0 Å². The van der Waals surface area contributed by atoms with E-state index in [1.807, 2.05) is 12.1 Å². The van der Waals surface area contributed by atoms with E-state index in [1.165, 1.54) is 11.1 Å². The molecule has 3 rings (SSSR count). The molecule has 176 valence electrons. The van der Waals surface area contributed by atoms with E-state index < -0.39 is 12.8 Å². The molecule has 0 aliphatic carbocycles. The third-order valence-electron chi connectivity index (χ3n) is 5.17. The first-order chi connectivity index (χ1) is 14.9. The normalized spacial score (nSPS) is 14.4. The minimum absolute atomic E-state index is 0. The molecule has 0 unspecified atom stereocenters. The summed E-state index contributed by atoms with van der Waals surface area (Å²) < 4.78 is 41.1. The van der Waals surface area contributed by atoms with Gasteiger partial charge in [-0.1, -0.05) is 48.5 Å². The van der Waals surface area contributed by atoms with Crippen LogP contribution in [0.3, 0.4) is 0 Å². The zero-order chi connectivity index (χ0) is 22.1. The molecular formula is C23H30F3IN4O. The van der Waals surface area contributed by atoms with E-state index in [0.29, 0.717) is 12.1 Å². The fourth-order valence-corrected chi connectivity index (χ4v) is 3.52. The highest BCUT2D eigenvalue weighted by Crippen LogP contribution is 2.18. The second-order valence-corrected chi connectivity index (χ2v) is 7.57. The van der Waals surface area contributed by atoms with Gasteiger partial charge in [0.05, 0.1) is 6.61 Å². The zero-order valence-corrected chi connectivity index (χ0v) is 20.5. The minimum atomic E-state index is -4.30. The Morgan fingerprint density at radius 2 is 1.72 bits per heavy atom. The highest BCUT2D eigenvalue weighted by atomic mass is 127. The van der Waals surface area contributed by atoms with E-state index in [4.69, 9.17) is 0 Å². The quantitative estimate of drug-likeness (QED) is 0.289. The maximum Gasteiger partial charge on any atom is 0.411 e. The molecule has 1 aliphatic rings. The molecule has 9 heteroatoms.